The lowest BCUT2D eigenvalue weighted by Crippen LogP contribution is -2.28. The first-order valence-corrected chi connectivity index (χ1v) is 43.5. The van der Waals surface area contributed by atoms with Crippen molar-refractivity contribution in [3.8, 4) is 0 Å². The molecule has 5 heteroatoms. The summed E-state index contributed by atoms with van der Waals surface area (Å²) < 4.78 is 10.8. The van der Waals surface area contributed by atoms with Crippen LogP contribution in [0, 0.1) is 0 Å². The van der Waals surface area contributed by atoms with Crippen molar-refractivity contribution in [2.24, 2.45) is 0 Å². The van der Waals surface area contributed by atoms with Crippen LogP contribution in [0.4, 0.5) is 0 Å². The number of ether oxygens (including phenoxy) is 2. The molecule has 0 spiro atoms. The maximum atomic E-state index is 12.4. The Morgan fingerprint density at radius 3 is 0.638 bits per heavy atom. The van der Waals surface area contributed by atoms with Crippen LogP contribution < -0.4 is 0 Å². The molecule has 0 saturated heterocycles. The summed E-state index contributed by atoms with van der Waals surface area (Å²) in [5.41, 5.74) is 0. The van der Waals surface area contributed by atoms with Gasteiger partial charge in [-0.05, 0) is 51.4 Å². The molecule has 556 valence electrons. The fourth-order valence-corrected chi connectivity index (χ4v) is 13.9. The summed E-state index contributed by atoms with van der Waals surface area (Å²) >= 11 is 0. The summed E-state index contributed by atoms with van der Waals surface area (Å²) in [4.78, 5) is 24.8. The van der Waals surface area contributed by atoms with Crippen molar-refractivity contribution in [3.05, 3.63) is 36.5 Å². The minimum atomic E-state index is -0.769. The van der Waals surface area contributed by atoms with E-state index < -0.39 is 6.10 Å². The molecule has 1 atom stereocenters. The number of rotatable bonds is 83. The summed E-state index contributed by atoms with van der Waals surface area (Å²) in [6, 6.07) is 0. The van der Waals surface area contributed by atoms with Gasteiger partial charge in [0, 0.05) is 12.8 Å². The Balaban J connectivity index is 3.34. The van der Waals surface area contributed by atoms with Gasteiger partial charge >= 0.3 is 11.9 Å². The van der Waals surface area contributed by atoms with Gasteiger partial charge in [-0.1, -0.05) is 474 Å². The van der Waals surface area contributed by atoms with Gasteiger partial charge in [-0.3, -0.25) is 9.59 Å². The SMILES string of the molecule is CCCCCCC/C=C\C/C=C\C/C=C\CCCCCCCCCCCCCCCCCCCCCCCCCCCCC(=O)OC(CO)COC(=O)CCCCCCCCCCCCCCCCCCCCCCCCCCCCCCCCCCCCCCCCC. The zero-order chi connectivity index (χ0) is 67.5. The molecule has 1 unspecified atom stereocenters. The van der Waals surface area contributed by atoms with E-state index in [1.54, 1.807) is 0 Å². The highest BCUT2D eigenvalue weighted by Gasteiger charge is 2.16. The molecule has 0 aromatic heterocycles. The van der Waals surface area contributed by atoms with Crippen molar-refractivity contribution in [2.75, 3.05) is 13.2 Å². The molecule has 0 amide bonds. The molecule has 0 aromatic carbocycles. The monoisotopic (exact) mass is 1320 g/mol. The molecule has 0 radical (unpaired) electrons. The average Bonchev–Trinajstić information content (AvgIpc) is 3.77. The standard InChI is InChI=1S/C89H170O5/c1-3-5-7-9-11-13-15-17-19-21-23-25-27-29-31-33-35-37-39-41-43-44-46-48-50-52-54-56-58-60-62-64-66-68-70-72-74-76-78-80-82-84-89(92)94-87(85-90)86-93-88(91)83-81-79-77-75-73-71-69-67-65-63-61-59-57-55-53-51-49-47-45-42-40-38-36-34-32-30-28-26-24-22-20-18-16-14-12-10-8-6-4-2/h15,17,21,23,27,29,87,90H,3-14,16,18-20,22,24-26,28,30-86H2,1-2H3/b17-15-,23-21-,29-27-. The molecular formula is C89H170O5. The van der Waals surface area contributed by atoms with Gasteiger partial charge in [0.1, 0.15) is 6.61 Å². The molecule has 0 aliphatic heterocycles. The largest absolute Gasteiger partial charge is 0.462 e. The molecule has 0 rings (SSSR count). The number of esters is 2. The molecule has 1 N–H and O–H groups in total. The highest BCUT2D eigenvalue weighted by molar-refractivity contribution is 5.70. The lowest BCUT2D eigenvalue weighted by molar-refractivity contribution is -0.161. The number of carbonyl (C=O) groups excluding carboxylic acids is 2. The molecule has 0 aromatic rings. The fraction of sp³-hybridized carbons (Fsp3) is 0.910. The van der Waals surface area contributed by atoms with Gasteiger partial charge in [-0.25, -0.2) is 0 Å². The number of hydrogen-bond donors (Lipinski definition) is 1. The van der Waals surface area contributed by atoms with Crippen molar-refractivity contribution < 1.29 is 24.2 Å². The second-order valence-electron chi connectivity index (χ2n) is 30.0. The normalized spacial score (nSPS) is 12.2. The first kappa shape index (κ1) is 92.1. The Hall–Kier alpha value is -1.88. The smallest absolute Gasteiger partial charge is 0.306 e. The van der Waals surface area contributed by atoms with Crippen LogP contribution in [0.1, 0.15) is 502 Å². The van der Waals surface area contributed by atoms with E-state index in [4.69, 9.17) is 9.47 Å². The van der Waals surface area contributed by atoms with Crippen molar-refractivity contribution in [3.63, 3.8) is 0 Å². The number of carbonyl (C=O) groups is 2. The third-order valence-electron chi connectivity index (χ3n) is 20.4. The third-order valence-corrected chi connectivity index (χ3v) is 20.4. The van der Waals surface area contributed by atoms with Gasteiger partial charge in [-0.15, -0.1) is 0 Å². The summed E-state index contributed by atoms with van der Waals surface area (Å²) in [6.07, 6.45) is 116. The predicted molar refractivity (Wildman–Crippen MR) is 418 cm³/mol. The minimum Gasteiger partial charge on any atom is -0.462 e. The summed E-state index contributed by atoms with van der Waals surface area (Å²) in [6.45, 7) is 4.21. The van der Waals surface area contributed by atoms with Crippen LogP contribution >= 0.6 is 0 Å². The van der Waals surface area contributed by atoms with Crippen LogP contribution in [0.5, 0.6) is 0 Å². The van der Waals surface area contributed by atoms with Gasteiger partial charge in [0.05, 0.1) is 6.61 Å². The van der Waals surface area contributed by atoms with Gasteiger partial charge in [0.25, 0.3) is 0 Å². The molecule has 0 bridgehead atoms. The van der Waals surface area contributed by atoms with E-state index in [0.29, 0.717) is 12.8 Å². The lowest BCUT2D eigenvalue weighted by atomic mass is 10.0. The maximum absolute atomic E-state index is 12.4. The van der Waals surface area contributed by atoms with Crippen LogP contribution in [-0.2, 0) is 19.1 Å². The second-order valence-corrected chi connectivity index (χ2v) is 30.0. The van der Waals surface area contributed by atoms with Crippen molar-refractivity contribution in [1.29, 1.82) is 0 Å². The molecule has 0 aliphatic rings. The van der Waals surface area contributed by atoms with Crippen LogP contribution in [0.25, 0.3) is 0 Å². The fourth-order valence-electron chi connectivity index (χ4n) is 13.9. The highest BCUT2D eigenvalue weighted by Crippen LogP contribution is 2.21. The van der Waals surface area contributed by atoms with E-state index >= 15 is 0 Å². The molecule has 0 heterocycles. The van der Waals surface area contributed by atoms with Crippen molar-refractivity contribution in [2.45, 2.75) is 508 Å². The topological polar surface area (TPSA) is 72.8 Å². The molecule has 0 saturated carbocycles. The first-order chi connectivity index (χ1) is 46.6. The summed E-state index contributed by atoms with van der Waals surface area (Å²) in [5, 5.41) is 9.74. The number of hydrogen-bond acceptors (Lipinski definition) is 5. The van der Waals surface area contributed by atoms with E-state index in [1.165, 1.54) is 430 Å². The number of unbranched alkanes of at least 4 members (excludes halogenated alkanes) is 69. The molecule has 0 fully saturated rings. The molecule has 0 aliphatic carbocycles. The second kappa shape index (κ2) is 85.3. The Morgan fingerprint density at radius 1 is 0.245 bits per heavy atom. The molecule has 5 nitrogen and oxygen atoms in total. The number of aliphatic hydroxyl groups excluding tert-OH is 1. The lowest BCUT2D eigenvalue weighted by Gasteiger charge is -2.15. The zero-order valence-electron chi connectivity index (χ0n) is 64.3. The predicted octanol–water partition coefficient (Wildman–Crippen LogP) is 30.8. The average molecular weight is 1320 g/mol. The van der Waals surface area contributed by atoms with E-state index in [9.17, 15) is 14.7 Å². The molecule has 94 heavy (non-hydrogen) atoms. The Kier molecular flexibility index (Phi) is 83.6. The molecular weight excluding hydrogens is 1150 g/mol. The number of aliphatic hydroxyl groups is 1. The van der Waals surface area contributed by atoms with E-state index in [2.05, 4.69) is 50.3 Å². The summed E-state index contributed by atoms with van der Waals surface area (Å²) in [5.74, 6) is -0.558. The number of allylic oxidation sites excluding steroid dienone is 6. The van der Waals surface area contributed by atoms with Gasteiger partial charge < -0.3 is 14.6 Å². The van der Waals surface area contributed by atoms with Crippen LogP contribution in [0.2, 0.25) is 0 Å². The van der Waals surface area contributed by atoms with Crippen LogP contribution in [-0.4, -0.2) is 36.4 Å². The van der Waals surface area contributed by atoms with Gasteiger partial charge in [0.15, 0.2) is 6.10 Å². The zero-order valence-corrected chi connectivity index (χ0v) is 64.3. The van der Waals surface area contributed by atoms with E-state index in [1.807, 2.05) is 0 Å². The summed E-state index contributed by atoms with van der Waals surface area (Å²) in [7, 11) is 0. The first-order valence-electron chi connectivity index (χ1n) is 43.5. The maximum Gasteiger partial charge on any atom is 0.306 e. The minimum absolute atomic E-state index is 0.0573. The Bertz CT molecular complexity index is 1500. The van der Waals surface area contributed by atoms with Crippen LogP contribution in [0.15, 0.2) is 36.5 Å². The highest BCUT2D eigenvalue weighted by atomic mass is 16.6. The Morgan fingerprint density at radius 2 is 0.426 bits per heavy atom. The quantitative estimate of drug-likeness (QED) is 0.0373. The van der Waals surface area contributed by atoms with E-state index in [-0.39, 0.29) is 25.2 Å². The third kappa shape index (κ3) is 82.5. The Labute approximate surface area is 590 Å². The van der Waals surface area contributed by atoms with Crippen LogP contribution in [0.3, 0.4) is 0 Å². The van der Waals surface area contributed by atoms with Crippen molar-refractivity contribution in [1.82, 2.24) is 0 Å². The van der Waals surface area contributed by atoms with Crippen molar-refractivity contribution >= 4 is 11.9 Å². The van der Waals surface area contributed by atoms with Gasteiger partial charge in [-0.2, -0.15) is 0 Å². The van der Waals surface area contributed by atoms with Gasteiger partial charge in [0.2, 0.25) is 0 Å². The van der Waals surface area contributed by atoms with E-state index in [0.717, 1.165) is 44.9 Å².